The minimum Gasteiger partial charge on any atom is -0.508 e. The molecular weight excluding hydrogens is 414 g/mol. The summed E-state index contributed by atoms with van der Waals surface area (Å²) in [5.41, 5.74) is 5.74. The lowest BCUT2D eigenvalue weighted by atomic mass is 10.0. The van der Waals surface area contributed by atoms with E-state index in [1.54, 1.807) is 25.1 Å². The lowest BCUT2D eigenvalue weighted by molar-refractivity contribution is 0.0956. The Morgan fingerprint density at radius 2 is 1.71 bits per heavy atom. The van der Waals surface area contributed by atoms with Gasteiger partial charge < -0.3 is 10.2 Å². The van der Waals surface area contributed by atoms with Gasteiger partial charge in [0.2, 0.25) is 0 Å². The Bertz CT molecular complexity index is 1320. The van der Waals surface area contributed by atoms with Gasteiger partial charge in [-0.1, -0.05) is 41.9 Å². The summed E-state index contributed by atoms with van der Waals surface area (Å²) in [6.45, 7) is 1.62. The van der Waals surface area contributed by atoms with Crippen molar-refractivity contribution in [2.75, 3.05) is 0 Å². The maximum absolute atomic E-state index is 13.0. The predicted octanol–water partition coefficient (Wildman–Crippen LogP) is 5.12. The zero-order chi connectivity index (χ0) is 22.0. The SMILES string of the molecule is C/C(=N\NC(=O)c1cc(-c2ccc(Cl)cc2)nc2ccccc12)c1cc(O)ccc1O. The molecule has 0 atom stereocenters. The van der Waals surface area contributed by atoms with Gasteiger partial charge in [0.25, 0.3) is 5.91 Å². The molecule has 0 aliphatic heterocycles. The van der Waals surface area contributed by atoms with E-state index in [1.807, 2.05) is 36.4 Å². The molecule has 3 aromatic carbocycles. The highest BCUT2D eigenvalue weighted by atomic mass is 35.5. The highest BCUT2D eigenvalue weighted by Crippen LogP contribution is 2.26. The fraction of sp³-hybridized carbons (Fsp3) is 0.0417. The molecule has 1 amide bonds. The molecule has 0 aliphatic carbocycles. The van der Waals surface area contributed by atoms with Crippen molar-refractivity contribution in [3.63, 3.8) is 0 Å². The fourth-order valence-electron chi connectivity index (χ4n) is 3.20. The third-order valence-corrected chi connectivity index (χ3v) is 5.05. The van der Waals surface area contributed by atoms with E-state index >= 15 is 0 Å². The highest BCUT2D eigenvalue weighted by molar-refractivity contribution is 6.30. The van der Waals surface area contributed by atoms with Crippen molar-refractivity contribution in [1.82, 2.24) is 10.4 Å². The van der Waals surface area contributed by atoms with Crippen molar-refractivity contribution in [3.8, 4) is 22.8 Å². The number of aromatic hydroxyl groups is 2. The number of halogens is 1. The standard InChI is InChI=1S/C24H18ClN3O3/c1-14(19-12-17(29)10-11-23(19)30)27-28-24(31)20-13-22(15-6-8-16(25)9-7-15)26-21-5-3-2-4-18(20)21/h2-13,29-30H,1H3,(H,28,31)/b27-14+. The first-order chi connectivity index (χ1) is 14.9. The van der Waals surface area contributed by atoms with Gasteiger partial charge in [-0.05, 0) is 49.4 Å². The molecule has 0 saturated carbocycles. The normalized spacial score (nSPS) is 11.5. The molecule has 0 radical (unpaired) electrons. The number of nitrogens with one attached hydrogen (secondary N) is 1. The molecule has 1 heterocycles. The number of fused-ring (bicyclic) bond motifs is 1. The predicted molar refractivity (Wildman–Crippen MR) is 122 cm³/mol. The van der Waals surface area contributed by atoms with E-state index in [9.17, 15) is 15.0 Å². The first-order valence-corrected chi connectivity index (χ1v) is 9.83. The number of aromatic nitrogens is 1. The molecule has 3 N–H and O–H groups in total. The maximum Gasteiger partial charge on any atom is 0.272 e. The van der Waals surface area contributed by atoms with Crippen LogP contribution in [0.15, 0.2) is 77.9 Å². The number of hydrogen-bond donors (Lipinski definition) is 3. The van der Waals surface area contributed by atoms with Crippen LogP contribution in [0.2, 0.25) is 5.02 Å². The van der Waals surface area contributed by atoms with Gasteiger partial charge in [0.1, 0.15) is 11.5 Å². The number of rotatable bonds is 4. The van der Waals surface area contributed by atoms with E-state index in [1.165, 1.54) is 18.2 Å². The first-order valence-electron chi connectivity index (χ1n) is 9.45. The summed E-state index contributed by atoms with van der Waals surface area (Å²) in [6.07, 6.45) is 0. The Morgan fingerprint density at radius 3 is 2.48 bits per heavy atom. The number of para-hydroxylation sites is 1. The number of carbonyl (C=O) groups excluding carboxylic acids is 1. The van der Waals surface area contributed by atoms with Gasteiger partial charge in [0, 0.05) is 21.5 Å². The van der Waals surface area contributed by atoms with Gasteiger partial charge in [0.15, 0.2) is 0 Å². The van der Waals surface area contributed by atoms with Crippen molar-refractivity contribution < 1.29 is 15.0 Å². The number of phenolic OH excluding ortho intramolecular Hbond substituents is 2. The second-order valence-corrected chi connectivity index (χ2v) is 7.36. The van der Waals surface area contributed by atoms with E-state index in [0.29, 0.717) is 38.5 Å². The van der Waals surface area contributed by atoms with E-state index in [-0.39, 0.29) is 11.5 Å². The summed E-state index contributed by atoms with van der Waals surface area (Å²) in [4.78, 5) is 17.7. The number of nitrogens with zero attached hydrogens (tertiary/aromatic N) is 2. The van der Waals surface area contributed by atoms with Crippen LogP contribution in [-0.4, -0.2) is 26.8 Å². The number of benzene rings is 3. The monoisotopic (exact) mass is 431 g/mol. The van der Waals surface area contributed by atoms with Crippen LogP contribution in [0, 0.1) is 0 Å². The molecule has 6 nitrogen and oxygen atoms in total. The van der Waals surface area contributed by atoms with Crippen LogP contribution in [0.4, 0.5) is 0 Å². The molecular formula is C24H18ClN3O3. The first kappa shape index (κ1) is 20.4. The second kappa shape index (κ2) is 8.45. The van der Waals surface area contributed by atoms with E-state index in [0.717, 1.165) is 5.56 Å². The third-order valence-electron chi connectivity index (χ3n) is 4.80. The summed E-state index contributed by atoms with van der Waals surface area (Å²) in [5.74, 6) is -0.484. The van der Waals surface area contributed by atoms with Gasteiger partial charge in [0.05, 0.1) is 22.5 Å². The second-order valence-electron chi connectivity index (χ2n) is 6.92. The Hall–Kier alpha value is -3.90. The smallest absolute Gasteiger partial charge is 0.272 e. The maximum atomic E-state index is 13.0. The highest BCUT2D eigenvalue weighted by Gasteiger charge is 2.14. The molecule has 0 aliphatic rings. The summed E-state index contributed by atoms with van der Waals surface area (Å²) in [6, 6.07) is 20.4. The molecule has 0 spiro atoms. The Labute approximate surface area is 183 Å². The van der Waals surface area contributed by atoms with Crippen molar-refractivity contribution in [1.29, 1.82) is 0 Å². The van der Waals surface area contributed by atoms with Crippen LogP contribution in [-0.2, 0) is 0 Å². The quantitative estimate of drug-likeness (QED) is 0.237. The summed E-state index contributed by atoms with van der Waals surface area (Å²) < 4.78 is 0. The molecule has 0 bridgehead atoms. The zero-order valence-corrected chi connectivity index (χ0v) is 17.3. The summed E-state index contributed by atoms with van der Waals surface area (Å²) in [5, 5.41) is 25.0. The van der Waals surface area contributed by atoms with Crippen molar-refractivity contribution in [3.05, 3.63) is 88.9 Å². The molecule has 1 aromatic heterocycles. The van der Waals surface area contributed by atoms with Crippen LogP contribution in [0.5, 0.6) is 11.5 Å². The third kappa shape index (κ3) is 4.34. The minimum atomic E-state index is -0.423. The zero-order valence-electron chi connectivity index (χ0n) is 16.5. The number of amides is 1. The van der Waals surface area contributed by atoms with Gasteiger partial charge in [-0.2, -0.15) is 5.10 Å². The van der Waals surface area contributed by atoms with Gasteiger partial charge in [-0.3, -0.25) is 4.79 Å². The largest absolute Gasteiger partial charge is 0.508 e. The van der Waals surface area contributed by atoms with Crippen LogP contribution >= 0.6 is 11.6 Å². The van der Waals surface area contributed by atoms with Crippen LogP contribution in [0.3, 0.4) is 0 Å². The lowest BCUT2D eigenvalue weighted by Gasteiger charge is -2.10. The fourth-order valence-corrected chi connectivity index (χ4v) is 3.33. The molecule has 4 aromatic rings. The van der Waals surface area contributed by atoms with Crippen molar-refractivity contribution in [2.24, 2.45) is 5.10 Å². The average Bonchev–Trinajstić information content (AvgIpc) is 2.78. The molecule has 7 heteroatoms. The van der Waals surface area contributed by atoms with Crippen LogP contribution < -0.4 is 5.43 Å². The lowest BCUT2D eigenvalue weighted by Crippen LogP contribution is -2.20. The Kier molecular flexibility index (Phi) is 5.56. The molecule has 0 unspecified atom stereocenters. The summed E-state index contributed by atoms with van der Waals surface area (Å²) in [7, 11) is 0. The number of phenols is 2. The number of hydrogen-bond acceptors (Lipinski definition) is 5. The van der Waals surface area contributed by atoms with Gasteiger partial charge in [-0.15, -0.1) is 0 Å². The topological polar surface area (TPSA) is 94.8 Å². The van der Waals surface area contributed by atoms with Crippen molar-refractivity contribution >= 4 is 34.1 Å². The molecule has 154 valence electrons. The van der Waals surface area contributed by atoms with E-state index in [2.05, 4.69) is 15.5 Å². The van der Waals surface area contributed by atoms with Crippen LogP contribution in [0.25, 0.3) is 22.2 Å². The van der Waals surface area contributed by atoms with Crippen LogP contribution in [0.1, 0.15) is 22.8 Å². The number of pyridine rings is 1. The average molecular weight is 432 g/mol. The Balaban J connectivity index is 1.71. The van der Waals surface area contributed by atoms with Crippen molar-refractivity contribution in [2.45, 2.75) is 6.92 Å². The molecule has 0 fully saturated rings. The molecule has 0 saturated heterocycles. The minimum absolute atomic E-state index is 0.0126. The molecule has 31 heavy (non-hydrogen) atoms. The number of carbonyl (C=O) groups is 1. The Morgan fingerprint density at radius 1 is 0.968 bits per heavy atom. The van der Waals surface area contributed by atoms with Gasteiger partial charge >= 0.3 is 0 Å². The van der Waals surface area contributed by atoms with E-state index in [4.69, 9.17) is 11.6 Å². The number of hydrazone groups is 1. The molecule has 4 rings (SSSR count). The van der Waals surface area contributed by atoms with Gasteiger partial charge in [-0.25, -0.2) is 10.4 Å². The van der Waals surface area contributed by atoms with E-state index < -0.39 is 5.91 Å². The summed E-state index contributed by atoms with van der Waals surface area (Å²) >= 11 is 5.99.